The fraction of sp³-hybridized carbons (Fsp3) is 0.231. The van der Waals surface area contributed by atoms with Gasteiger partial charge in [-0.2, -0.15) is 0 Å². The average Bonchev–Trinajstić information content (AvgIpc) is 2.74. The normalized spacial score (nSPS) is 10.5. The lowest BCUT2D eigenvalue weighted by molar-refractivity contribution is -0.384. The first-order chi connectivity index (χ1) is 9.00. The minimum Gasteiger partial charge on any atom is -0.469 e. The standard InChI is InChI=1S/C13H13ClN2O3/c1-9-10(6-7-19-9)8-15(2)12-5-3-4-11(14)13(12)16(17)18/h3-7H,8H2,1-2H3. The van der Waals surface area contributed by atoms with Gasteiger partial charge in [-0.15, -0.1) is 0 Å². The van der Waals surface area contributed by atoms with Crippen LogP contribution in [0.2, 0.25) is 5.02 Å². The fourth-order valence-corrected chi connectivity index (χ4v) is 2.15. The second kappa shape index (κ2) is 5.32. The number of hydrogen-bond donors (Lipinski definition) is 0. The topological polar surface area (TPSA) is 59.5 Å². The summed E-state index contributed by atoms with van der Waals surface area (Å²) in [6, 6.07) is 6.74. The Morgan fingerprint density at radius 3 is 2.74 bits per heavy atom. The Morgan fingerprint density at radius 1 is 1.42 bits per heavy atom. The molecule has 0 saturated carbocycles. The highest BCUT2D eigenvalue weighted by Gasteiger charge is 2.21. The Balaban J connectivity index is 2.34. The summed E-state index contributed by atoms with van der Waals surface area (Å²) >= 11 is 5.89. The number of nitro benzene ring substituents is 1. The Kier molecular flexibility index (Phi) is 3.76. The molecule has 0 saturated heterocycles. The third kappa shape index (κ3) is 2.71. The summed E-state index contributed by atoms with van der Waals surface area (Å²) in [5, 5.41) is 11.2. The van der Waals surface area contributed by atoms with E-state index in [1.165, 1.54) is 6.07 Å². The Hall–Kier alpha value is -2.01. The molecule has 19 heavy (non-hydrogen) atoms. The molecule has 0 spiro atoms. The SMILES string of the molecule is Cc1occc1CN(C)c1cccc(Cl)c1[N+](=O)[O-]. The van der Waals surface area contributed by atoms with E-state index in [-0.39, 0.29) is 10.7 Å². The molecule has 0 aliphatic heterocycles. The largest absolute Gasteiger partial charge is 0.469 e. The number of aryl methyl sites for hydroxylation is 1. The number of nitrogens with zero attached hydrogens (tertiary/aromatic N) is 2. The number of rotatable bonds is 4. The molecule has 2 rings (SSSR count). The Labute approximate surface area is 115 Å². The van der Waals surface area contributed by atoms with Crippen LogP contribution in [0.1, 0.15) is 11.3 Å². The van der Waals surface area contributed by atoms with E-state index in [0.717, 1.165) is 11.3 Å². The molecule has 0 aliphatic rings. The molecule has 6 heteroatoms. The van der Waals surface area contributed by atoms with Gasteiger partial charge in [0.1, 0.15) is 16.5 Å². The summed E-state index contributed by atoms with van der Waals surface area (Å²) in [5.41, 5.74) is 1.39. The maximum absolute atomic E-state index is 11.1. The lowest BCUT2D eigenvalue weighted by Crippen LogP contribution is -2.17. The van der Waals surface area contributed by atoms with Crippen LogP contribution in [0, 0.1) is 17.0 Å². The molecule has 0 N–H and O–H groups in total. The van der Waals surface area contributed by atoms with Gasteiger partial charge in [0.15, 0.2) is 0 Å². The van der Waals surface area contributed by atoms with Gasteiger partial charge < -0.3 is 9.32 Å². The molecule has 0 unspecified atom stereocenters. The molecule has 0 aliphatic carbocycles. The smallest absolute Gasteiger partial charge is 0.310 e. The first kappa shape index (κ1) is 13.4. The van der Waals surface area contributed by atoms with E-state index in [1.54, 1.807) is 30.3 Å². The number of nitro groups is 1. The molecule has 1 aromatic heterocycles. The van der Waals surface area contributed by atoms with Crippen molar-refractivity contribution in [3.05, 3.63) is 57.0 Å². The summed E-state index contributed by atoms with van der Waals surface area (Å²) in [5.74, 6) is 0.802. The van der Waals surface area contributed by atoms with Crippen molar-refractivity contribution in [1.29, 1.82) is 0 Å². The van der Waals surface area contributed by atoms with E-state index >= 15 is 0 Å². The molecule has 0 bridgehead atoms. The van der Waals surface area contributed by atoms with E-state index in [9.17, 15) is 10.1 Å². The van der Waals surface area contributed by atoms with E-state index in [0.29, 0.717) is 12.2 Å². The van der Waals surface area contributed by atoms with Crippen LogP contribution >= 0.6 is 11.6 Å². The summed E-state index contributed by atoms with van der Waals surface area (Å²) in [4.78, 5) is 12.4. The highest BCUT2D eigenvalue weighted by atomic mass is 35.5. The molecule has 0 radical (unpaired) electrons. The first-order valence-corrected chi connectivity index (χ1v) is 6.05. The van der Waals surface area contributed by atoms with Gasteiger partial charge in [-0.05, 0) is 25.1 Å². The quantitative estimate of drug-likeness (QED) is 0.631. The van der Waals surface area contributed by atoms with E-state index in [4.69, 9.17) is 16.0 Å². The molecule has 0 atom stereocenters. The van der Waals surface area contributed by atoms with Gasteiger partial charge in [0.05, 0.1) is 11.2 Å². The zero-order chi connectivity index (χ0) is 14.0. The zero-order valence-corrected chi connectivity index (χ0v) is 11.3. The minimum absolute atomic E-state index is 0.0761. The maximum atomic E-state index is 11.1. The van der Waals surface area contributed by atoms with Crippen LogP contribution in [-0.2, 0) is 6.54 Å². The second-order valence-corrected chi connectivity index (χ2v) is 4.63. The van der Waals surface area contributed by atoms with Crippen molar-refractivity contribution in [3.63, 3.8) is 0 Å². The van der Waals surface area contributed by atoms with Crippen LogP contribution in [0.15, 0.2) is 34.9 Å². The van der Waals surface area contributed by atoms with Crippen molar-refractivity contribution in [2.24, 2.45) is 0 Å². The Morgan fingerprint density at radius 2 is 2.16 bits per heavy atom. The number of furan rings is 1. The van der Waals surface area contributed by atoms with E-state index < -0.39 is 4.92 Å². The number of benzene rings is 1. The highest BCUT2D eigenvalue weighted by Crippen LogP contribution is 2.35. The van der Waals surface area contributed by atoms with Crippen molar-refractivity contribution >= 4 is 23.0 Å². The van der Waals surface area contributed by atoms with Crippen LogP contribution < -0.4 is 4.90 Å². The molecule has 1 heterocycles. The van der Waals surface area contributed by atoms with Crippen LogP contribution in [0.4, 0.5) is 11.4 Å². The molecule has 0 fully saturated rings. The fourth-order valence-electron chi connectivity index (χ4n) is 1.91. The van der Waals surface area contributed by atoms with Gasteiger partial charge in [-0.1, -0.05) is 17.7 Å². The van der Waals surface area contributed by atoms with Gasteiger partial charge in [-0.3, -0.25) is 10.1 Å². The molecular formula is C13H13ClN2O3. The third-order valence-electron chi connectivity index (χ3n) is 2.93. The van der Waals surface area contributed by atoms with Crippen LogP contribution in [-0.4, -0.2) is 12.0 Å². The number of halogens is 1. The van der Waals surface area contributed by atoms with Crippen molar-refractivity contribution in [1.82, 2.24) is 0 Å². The van der Waals surface area contributed by atoms with Gasteiger partial charge in [0, 0.05) is 19.2 Å². The van der Waals surface area contributed by atoms with E-state index in [2.05, 4.69) is 0 Å². The van der Waals surface area contributed by atoms with Crippen molar-refractivity contribution in [2.45, 2.75) is 13.5 Å². The summed E-state index contributed by atoms with van der Waals surface area (Å²) < 4.78 is 5.22. The van der Waals surface area contributed by atoms with Crippen molar-refractivity contribution in [3.8, 4) is 0 Å². The monoisotopic (exact) mass is 280 g/mol. The van der Waals surface area contributed by atoms with Crippen LogP contribution in [0.5, 0.6) is 0 Å². The molecule has 2 aromatic rings. The zero-order valence-electron chi connectivity index (χ0n) is 10.6. The molecule has 5 nitrogen and oxygen atoms in total. The molecular weight excluding hydrogens is 268 g/mol. The predicted octanol–water partition coefficient (Wildman–Crippen LogP) is 3.79. The van der Waals surface area contributed by atoms with Gasteiger partial charge in [0.25, 0.3) is 0 Å². The predicted molar refractivity (Wildman–Crippen MR) is 73.7 cm³/mol. The molecule has 0 amide bonds. The lowest BCUT2D eigenvalue weighted by atomic mass is 10.2. The average molecular weight is 281 g/mol. The number of para-hydroxylation sites is 1. The summed E-state index contributed by atoms with van der Waals surface area (Å²) in [6.45, 7) is 2.37. The van der Waals surface area contributed by atoms with Crippen LogP contribution in [0.25, 0.3) is 0 Å². The van der Waals surface area contributed by atoms with Gasteiger partial charge >= 0.3 is 5.69 Å². The third-order valence-corrected chi connectivity index (χ3v) is 3.24. The highest BCUT2D eigenvalue weighted by molar-refractivity contribution is 6.33. The molecule has 100 valence electrons. The first-order valence-electron chi connectivity index (χ1n) is 5.67. The summed E-state index contributed by atoms with van der Waals surface area (Å²) in [7, 11) is 1.78. The summed E-state index contributed by atoms with van der Waals surface area (Å²) in [6.07, 6.45) is 1.60. The van der Waals surface area contributed by atoms with Crippen LogP contribution in [0.3, 0.4) is 0 Å². The van der Waals surface area contributed by atoms with Crippen molar-refractivity contribution in [2.75, 3.05) is 11.9 Å². The molecule has 1 aromatic carbocycles. The van der Waals surface area contributed by atoms with E-state index in [1.807, 2.05) is 13.0 Å². The van der Waals surface area contributed by atoms with Crippen molar-refractivity contribution < 1.29 is 9.34 Å². The second-order valence-electron chi connectivity index (χ2n) is 4.22. The van der Waals surface area contributed by atoms with Gasteiger partial charge in [-0.25, -0.2) is 0 Å². The minimum atomic E-state index is -0.462. The maximum Gasteiger partial charge on any atom is 0.310 e. The number of anilines is 1. The lowest BCUT2D eigenvalue weighted by Gasteiger charge is -2.19. The Bertz CT molecular complexity index is 610. The number of hydrogen-bond acceptors (Lipinski definition) is 4. The van der Waals surface area contributed by atoms with Gasteiger partial charge in [0.2, 0.25) is 0 Å².